The number of likely N-dealkylation sites (N-methyl/N-ethyl adjacent to an activating group) is 1. The number of carbonyl (C=O) groups excluding carboxylic acids is 1. The maximum atomic E-state index is 11.4. The van der Waals surface area contributed by atoms with Crippen molar-refractivity contribution in [1.29, 1.82) is 0 Å². The minimum absolute atomic E-state index is 0.323. The third-order valence-electron chi connectivity index (χ3n) is 2.55. The number of hydrogen-bond acceptors (Lipinski definition) is 3. The first-order valence-corrected chi connectivity index (χ1v) is 6.28. The summed E-state index contributed by atoms with van der Waals surface area (Å²) in [6, 6.07) is 0. The van der Waals surface area contributed by atoms with Crippen LogP contribution in [-0.2, 0) is 11.3 Å². The maximum absolute atomic E-state index is 11.4. The largest absolute Gasteiger partial charge is 0.368 e. The van der Waals surface area contributed by atoms with E-state index in [1.165, 1.54) is 0 Å². The fourth-order valence-electron chi connectivity index (χ4n) is 1.49. The van der Waals surface area contributed by atoms with E-state index in [0.29, 0.717) is 13.0 Å². The molecule has 0 aromatic carbocycles. The van der Waals surface area contributed by atoms with E-state index in [2.05, 4.69) is 33.0 Å². The number of nitrogens with zero attached hydrogens (tertiary/aromatic N) is 2. The summed E-state index contributed by atoms with van der Waals surface area (Å²) in [5.74, 6) is -0.323. The normalized spacial score (nSPS) is 14.7. The van der Waals surface area contributed by atoms with Gasteiger partial charge in [-0.2, -0.15) is 5.10 Å². The SMILES string of the molecule is CCNC(C)(CCn1cc(I)cn1)C(N)=O. The van der Waals surface area contributed by atoms with Gasteiger partial charge in [-0.3, -0.25) is 9.48 Å². The van der Waals surface area contributed by atoms with Crippen LogP contribution in [0.5, 0.6) is 0 Å². The molecule has 1 aromatic heterocycles. The van der Waals surface area contributed by atoms with Crippen LogP contribution >= 0.6 is 22.6 Å². The topological polar surface area (TPSA) is 72.9 Å². The summed E-state index contributed by atoms with van der Waals surface area (Å²) in [6.07, 6.45) is 4.36. The number of rotatable bonds is 6. The third kappa shape index (κ3) is 3.44. The second kappa shape index (κ2) is 5.62. The predicted molar refractivity (Wildman–Crippen MR) is 70.8 cm³/mol. The van der Waals surface area contributed by atoms with E-state index in [4.69, 9.17) is 5.73 Å². The number of nitrogens with two attached hydrogens (primary N) is 1. The Morgan fingerprint density at radius 2 is 2.44 bits per heavy atom. The molecule has 0 aliphatic heterocycles. The van der Waals surface area contributed by atoms with Gasteiger partial charge in [0.05, 0.1) is 15.3 Å². The summed E-state index contributed by atoms with van der Waals surface area (Å²) < 4.78 is 2.90. The molecule has 0 bridgehead atoms. The zero-order valence-corrected chi connectivity index (χ0v) is 11.7. The highest BCUT2D eigenvalue weighted by atomic mass is 127. The first kappa shape index (κ1) is 13.4. The molecule has 0 saturated carbocycles. The summed E-state index contributed by atoms with van der Waals surface area (Å²) in [7, 11) is 0. The second-order valence-electron chi connectivity index (χ2n) is 3.90. The predicted octanol–water partition coefficient (Wildman–Crippen LogP) is 0.731. The van der Waals surface area contributed by atoms with Crippen LogP contribution in [0.1, 0.15) is 20.3 Å². The van der Waals surface area contributed by atoms with Crippen molar-refractivity contribution in [2.24, 2.45) is 5.73 Å². The summed E-state index contributed by atoms with van der Waals surface area (Å²) in [4.78, 5) is 11.4. The number of primary amides is 1. The fourth-order valence-corrected chi connectivity index (χ4v) is 1.93. The van der Waals surface area contributed by atoms with Crippen molar-refractivity contribution in [2.45, 2.75) is 32.4 Å². The van der Waals surface area contributed by atoms with Gasteiger partial charge in [0.2, 0.25) is 5.91 Å². The molecule has 1 heterocycles. The lowest BCUT2D eigenvalue weighted by Gasteiger charge is -2.26. The van der Waals surface area contributed by atoms with Gasteiger partial charge < -0.3 is 11.1 Å². The Bertz CT molecular complexity index is 365. The Labute approximate surface area is 109 Å². The average Bonchev–Trinajstić information content (AvgIpc) is 2.61. The number of halogens is 1. The Hall–Kier alpha value is -0.630. The number of nitrogens with one attached hydrogen (secondary N) is 1. The lowest BCUT2D eigenvalue weighted by molar-refractivity contribution is -0.124. The molecule has 3 N–H and O–H groups in total. The summed E-state index contributed by atoms with van der Waals surface area (Å²) in [5, 5.41) is 7.29. The van der Waals surface area contributed by atoms with Gasteiger partial charge in [0, 0.05) is 12.7 Å². The molecular formula is C10H17IN4O. The van der Waals surface area contributed by atoms with Gasteiger partial charge >= 0.3 is 0 Å². The molecule has 1 amide bonds. The Balaban J connectivity index is 2.60. The van der Waals surface area contributed by atoms with E-state index in [9.17, 15) is 4.79 Å². The minimum atomic E-state index is -0.661. The molecule has 0 aliphatic carbocycles. The first-order valence-electron chi connectivity index (χ1n) is 5.21. The van der Waals surface area contributed by atoms with Crippen LogP contribution in [0.2, 0.25) is 0 Å². The highest BCUT2D eigenvalue weighted by Gasteiger charge is 2.29. The molecule has 90 valence electrons. The van der Waals surface area contributed by atoms with E-state index >= 15 is 0 Å². The molecule has 16 heavy (non-hydrogen) atoms. The lowest BCUT2D eigenvalue weighted by atomic mass is 9.97. The van der Waals surface area contributed by atoms with Crippen molar-refractivity contribution in [2.75, 3.05) is 6.54 Å². The van der Waals surface area contributed by atoms with Crippen LogP contribution in [0.15, 0.2) is 12.4 Å². The Morgan fingerprint density at radius 1 is 1.75 bits per heavy atom. The van der Waals surface area contributed by atoms with Crippen molar-refractivity contribution in [3.8, 4) is 0 Å². The molecule has 0 saturated heterocycles. The van der Waals surface area contributed by atoms with Gasteiger partial charge in [-0.05, 0) is 42.5 Å². The molecule has 1 atom stereocenters. The van der Waals surface area contributed by atoms with E-state index in [0.717, 1.165) is 10.1 Å². The van der Waals surface area contributed by atoms with Crippen LogP contribution in [0, 0.1) is 3.57 Å². The van der Waals surface area contributed by atoms with Gasteiger partial charge in [-0.25, -0.2) is 0 Å². The van der Waals surface area contributed by atoms with Crippen LogP contribution in [0.3, 0.4) is 0 Å². The van der Waals surface area contributed by atoms with E-state index in [1.54, 1.807) is 6.20 Å². The zero-order valence-electron chi connectivity index (χ0n) is 9.53. The molecule has 0 spiro atoms. The molecule has 0 aliphatic rings. The molecule has 6 heteroatoms. The monoisotopic (exact) mass is 336 g/mol. The van der Waals surface area contributed by atoms with Crippen LogP contribution in [0.4, 0.5) is 0 Å². The Kier molecular flexibility index (Phi) is 4.72. The molecular weight excluding hydrogens is 319 g/mol. The van der Waals surface area contributed by atoms with Crippen LogP contribution in [-0.4, -0.2) is 27.8 Å². The third-order valence-corrected chi connectivity index (χ3v) is 3.11. The first-order chi connectivity index (χ1) is 7.48. The fraction of sp³-hybridized carbons (Fsp3) is 0.600. The number of hydrogen-bond donors (Lipinski definition) is 2. The lowest BCUT2D eigenvalue weighted by Crippen LogP contribution is -2.53. The average molecular weight is 336 g/mol. The van der Waals surface area contributed by atoms with Gasteiger partial charge in [-0.1, -0.05) is 6.92 Å². The smallest absolute Gasteiger partial charge is 0.237 e. The van der Waals surface area contributed by atoms with Gasteiger partial charge in [0.25, 0.3) is 0 Å². The van der Waals surface area contributed by atoms with Crippen molar-refractivity contribution in [3.63, 3.8) is 0 Å². The zero-order chi connectivity index (χ0) is 12.2. The van der Waals surface area contributed by atoms with E-state index in [1.807, 2.05) is 24.7 Å². The summed E-state index contributed by atoms with van der Waals surface area (Å²) in [6.45, 7) is 5.18. The molecule has 0 fully saturated rings. The highest BCUT2D eigenvalue weighted by molar-refractivity contribution is 14.1. The van der Waals surface area contributed by atoms with Crippen molar-refractivity contribution < 1.29 is 4.79 Å². The summed E-state index contributed by atoms with van der Waals surface area (Å²) >= 11 is 2.20. The van der Waals surface area contributed by atoms with Gasteiger partial charge in [0.15, 0.2) is 0 Å². The minimum Gasteiger partial charge on any atom is -0.368 e. The summed E-state index contributed by atoms with van der Waals surface area (Å²) in [5.41, 5.74) is 4.73. The highest BCUT2D eigenvalue weighted by Crippen LogP contribution is 2.11. The number of aromatic nitrogens is 2. The van der Waals surface area contributed by atoms with E-state index in [-0.39, 0.29) is 5.91 Å². The molecule has 1 unspecified atom stereocenters. The molecule has 1 rings (SSSR count). The maximum Gasteiger partial charge on any atom is 0.237 e. The quantitative estimate of drug-likeness (QED) is 0.753. The van der Waals surface area contributed by atoms with Gasteiger partial charge in [-0.15, -0.1) is 0 Å². The van der Waals surface area contributed by atoms with Crippen molar-refractivity contribution in [1.82, 2.24) is 15.1 Å². The standard InChI is InChI=1S/C10H17IN4O/c1-3-13-10(2,9(12)16)4-5-15-7-8(11)6-14-15/h6-7,13H,3-5H2,1-2H3,(H2,12,16). The van der Waals surface area contributed by atoms with Crippen LogP contribution in [0.25, 0.3) is 0 Å². The molecule has 0 radical (unpaired) electrons. The van der Waals surface area contributed by atoms with Crippen LogP contribution < -0.4 is 11.1 Å². The van der Waals surface area contributed by atoms with Crippen molar-refractivity contribution in [3.05, 3.63) is 16.0 Å². The number of amides is 1. The number of aryl methyl sites for hydroxylation is 1. The second-order valence-corrected chi connectivity index (χ2v) is 5.14. The number of carbonyl (C=O) groups is 1. The Morgan fingerprint density at radius 3 is 2.88 bits per heavy atom. The van der Waals surface area contributed by atoms with E-state index < -0.39 is 5.54 Å². The van der Waals surface area contributed by atoms with Crippen molar-refractivity contribution >= 4 is 28.5 Å². The molecule has 1 aromatic rings. The molecule has 5 nitrogen and oxygen atoms in total. The van der Waals surface area contributed by atoms with Gasteiger partial charge in [0.1, 0.15) is 0 Å².